The molecule has 2 heterocycles. The van der Waals surface area contributed by atoms with Crippen LogP contribution >= 0.6 is 0 Å². The summed E-state index contributed by atoms with van der Waals surface area (Å²) in [6.45, 7) is 0. The van der Waals surface area contributed by atoms with Crippen LogP contribution in [0.3, 0.4) is 0 Å². The van der Waals surface area contributed by atoms with Gasteiger partial charge in [0.2, 0.25) is 0 Å². The number of carbonyl (C=O) groups is 1. The van der Waals surface area contributed by atoms with E-state index in [0.29, 0.717) is 17.1 Å². The van der Waals surface area contributed by atoms with Crippen molar-refractivity contribution in [3.05, 3.63) is 95.9 Å². The number of rotatable bonds is 7. The summed E-state index contributed by atoms with van der Waals surface area (Å²) < 4.78 is 5.38. The first-order valence-corrected chi connectivity index (χ1v) is 9.71. The fraction of sp³-hybridized carbons (Fsp3) is 0.125. The Morgan fingerprint density at radius 2 is 1.77 bits per heavy atom. The van der Waals surface area contributed by atoms with Crippen LogP contribution in [0.4, 0.5) is 5.69 Å². The second-order valence-corrected chi connectivity index (χ2v) is 6.88. The monoisotopic (exact) mass is 398 g/mol. The predicted molar refractivity (Wildman–Crippen MR) is 117 cm³/mol. The van der Waals surface area contributed by atoms with Crippen LogP contribution in [-0.2, 0) is 12.8 Å². The number of methoxy groups -OCH3 is 1. The third-order valence-electron chi connectivity index (χ3n) is 4.84. The number of para-hydroxylation sites is 1. The number of hydrogen-bond acceptors (Lipinski definition) is 4. The molecule has 6 heteroatoms. The van der Waals surface area contributed by atoms with Crippen LogP contribution in [0, 0.1) is 0 Å². The number of ether oxygens (including phenoxy) is 1. The van der Waals surface area contributed by atoms with E-state index < -0.39 is 0 Å². The number of nitrogens with one attached hydrogen (secondary N) is 2. The van der Waals surface area contributed by atoms with E-state index >= 15 is 0 Å². The highest BCUT2D eigenvalue weighted by atomic mass is 16.5. The van der Waals surface area contributed by atoms with E-state index in [1.165, 1.54) is 5.56 Å². The van der Waals surface area contributed by atoms with Crippen LogP contribution in [0.15, 0.2) is 79.1 Å². The van der Waals surface area contributed by atoms with Gasteiger partial charge in [-0.15, -0.1) is 0 Å². The summed E-state index contributed by atoms with van der Waals surface area (Å²) in [4.78, 5) is 16.7. The number of nitrogens with zero attached hydrogens (tertiary/aromatic N) is 2. The van der Waals surface area contributed by atoms with Crippen molar-refractivity contribution in [1.29, 1.82) is 0 Å². The molecule has 2 aromatic heterocycles. The maximum Gasteiger partial charge on any atom is 0.273 e. The second kappa shape index (κ2) is 9.05. The predicted octanol–water partition coefficient (Wildman–Crippen LogP) is 4.52. The summed E-state index contributed by atoms with van der Waals surface area (Å²) in [6, 6.07) is 21.2. The third kappa shape index (κ3) is 4.55. The lowest BCUT2D eigenvalue weighted by atomic mass is 10.0. The molecule has 0 aliphatic rings. The Kier molecular flexibility index (Phi) is 5.85. The summed E-state index contributed by atoms with van der Waals surface area (Å²) >= 11 is 0. The number of carbonyl (C=O) groups excluding carboxylic acids is 1. The topological polar surface area (TPSA) is 79.9 Å². The van der Waals surface area contributed by atoms with Gasteiger partial charge in [0.15, 0.2) is 0 Å². The first-order chi connectivity index (χ1) is 14.7. The average molecular weight is 398 g/mol. The van der Waals surface area contributed by atoms with E-state index in [2.05, 4.69) is 26.6 Å². The van der Waals surface area contributed by atoms with Crippen LogP contribution in [0.2, 0.25) is 0 Å². The largest absolute Gasteiger partial charge is 0.496 e. The molecule has 30 heavy (non-hydrogen) atoms. The lowest BCUT2D eigenvalue weighted by molar-refractivity contribution is 0.102. The molecule has 0 aliphatic carbocycles. The minimum Gasteiger partial charge on any atom is -0.496 e. The number of amides is 1. The molecule has 0 saturated heterocycles. The highest BCUT2D eigenvalue weighted by molar-refractivity contribution is 6.03. The quantitative estimate of drug-likeness (QED) is 0.480. The van der Waals surface area contributed by atoms with Crippen molar-refractivity contribution in [3.8, 4) is 17.0 Å². The summed E-state index contributed by atoms with van der Waals surface area (Å²) in [5.74, 6) is 0.466. The zero-order chi connectivity index (χ0) is 20.8. The van der Waals surface area contributed by atoms with Crippen molar-refractivity contribution >= 4 is 11.6 Å². The third-order valence-corrected chi connectivity index (χ3v) is 4.84. The molecular weight excluding hydrogens is 376 g/mol. The maximum atomic E-state index is 12.7. The second-order valence-electron chi connectivity index (χ2n) is 6.88. The van der Waals surface area contributed by atoms with Gasteiger partial charge in [-0.3, -0.25) is 14.9 Å². The molecule has 2 aromatic carbocycles. The number of benzene rings is 2. The molecule has 0 radical (unpaired) electrons. The SMILES string of the molecule is COc1ccccc1-c1cc(C(=O)Nc2cccc(CCc3ccncc3)c2)[nH]n1. The van der Waals surface area contributed by atoms with Gasteiger partial charge in [0, 0.05) is 23.6 Å². The number of aromatic nitrogens is 3. The maximum absolute atomic E-state index is 12.7. The van der Waals surface area contributed by atoms with Gasteiger partial charge in [0.25, 0.3) is 5.91 Å². The van der Waals surface area contributed by atoms with E-state index in [9.17, 15) is 4.79 Å². The summed E-state index contributed by atoms with van der Waals surface area (Å²) in [5.41, 5.74) is 5.01. The Morgan fingerprint density at radius 1 is 0.967 bits per heavy atom. The fourth-order valence-corrected chi connectivity index (χ4v) is 3.27. The van der Waals surface area contributed by atoms with E-state index in [4.69, 9.17) is 4.74 Å². The molecule has 0 unspecified atom stereocenters. The number of pyridine rings is 1. The van der Waals surface area contributed by atoms with E-state index in [0.717, 1.165) is 29.7 Å². The number of hydrogen-bond donors (Lipinski definition) is 2. The summed E-state index contributed by atoms with van der Waals surface area (Å²) in [7, 11) is 1.61. The van der Waals surface area contributed by atoms with Crippen molar-refractivity contribution in [3.63, 3.8) is 0 Å². The summed E-state index contributed by atoms with van der Waals surface area (Å²) in [5, 5.41) is 10.0. The van der Waals surface area contributed by atoms with Gasteiger partial charge in [-0.1, -0.05) is 24.3 Å². The van der Waals surface area contributed by atoms with E-state index in [1.54, 1.807) is 25.6 Å². The van der Waals surface area contributed by atoms with Crippen molar-refractivity contribution < 1.29 is 9.53 Å². The van der Waals surface area contributed by atoms with Crippen LogP contribution in [0.25, 0.3) is 11.3 Å². The normalized spacial score (nSPS) is 10.6. The molecule has 4 aromatic rings. The molecule has 0 saturated carbocycles. The van der Waals surface area contributed by atoms with Crippen LogP contribution in [0.5, 0.6) is 5.75 Å². The molecule has 2 N–H and O–H groups in total. The fourth-order valence-electron chi connectivity index (χ4n) is 3.27. The first kappa shape index (κ1) is 19.4. The van der Waals surface area contributed by atoms with Crippen molar-refractivity contribution in [1.82, 2.24) is 15.2 Å². The van der Waals surface area contributed by atoms with Crippen molar-refractivity contribution in [2.75, 3.05) is 12.4 Å². The lowest BCUT2D eigenvalue weighted by Gasteiger charge is -2.07. The number of aromatic amines is 1. The Balaban J connectivity index is 1.44. The van der Waals surface area contributed by atoms with Gasteiger partial charge in [0.1, 0.15) is 11.4 Å². The Morgan fingerprint density at radius 3 is 2.60 bits per heavy atom. The molecule has 4 rings (SSSR count). The molecule has 0 fully saturated rings. The van der Waals surface area contributed by atoms with Crippen molar-refractivity contribution in [2.24, 2.45) is 0 Å². The van der Waals surface area contributed by atoms with Crippen molar-refractivity contribution in [2.45, 2.75) is 12.8 Å². The average Bonchev–Trinajstić information content (AvgIpc) is 3.29. The minimum absolute atomic E-state index is 0.241. The van der Waals surface area contributed by atoms with Gasteiger partial charge in [-0.2, -0.15) is 5.10 Å². The molecule has 6 nitrogen and oxygen atoms in total. The lowest BCUT2D eigenvalue weighted by Crippen LogP contribution is -2.12. The molecular formula is C24H22N4O2. The minimum atomic E-state index is -0.241. The molecule has 1 amide bonds. The number of H-pyrrole nitrogens is 1. The zero-order valence-corrected chi connectivity index (χ0v) is 16.6. The van der Waals surface area contributed by atoms with Gasteiger partial charge < -0.3 is 10.1 Å². The summed E-state index contributed by atoms with van der Waals surface area (Å²) in [6.07, 6.45) is 5.41. The Hall–Kier alpha value is -3.93. The molecule has 0 spiro atoms. The molecule has 150 valence electrons. The van der Waals surface area contributed by atoms with Gasteiger partial charge in [-0.05, 0) is 66.4 Å². The molecule has 0 aliphatic heterocycles. The zero-order valence-electron chi connectivity index (χ0n) is 16.6. The first-order valence-electron chi connectivity index (χ1n) is 9.71. The van der Waals surface area contributed by atoms with Gasteiger partial charge in [-0.25, -0.2) is 0 Å². The van der Waals surface area contributed by atoms with Gasteiger partial charge in [0.05, 0.1) is 12.8 Å². The Bertz CT molecular complexity index is 1140. The van der Waals surface area contributed by atoms with Crippen LogP contribution in [0.1, 0.15) is 21.6 Å². The van der Waals surface area contributed by atoms with Crippen LogP contribution < -0.4 is 10.1 Å². The standard InChI is InChI=1S/C24H22N4O2/c1-30-23-8-3-2-7-20(23)21-16-22(28-27-21)24(29)26-19-6-4-5-18(15-19)10-9-17-11-13-25-14-12-17/h2-8,11-16H,9-10H2,1H3,(H,26,29)(H,27,28). The number of anilines is 1. The molecule has 0 atom stereocenters. The van der Waals surface area contributed by atoms with E-state index in [-0.39, 0.29) is 5.91 Å². The van der Waals surface area contributed by atoms with Crippen LogP contribution in [-0.4, -0.2) is 28.2 Å². The van der Waals surface area contributed by atoms with E-state index in [1.807, 2.05) is 54.6 Å². The highest BCUT2D eigenvalue weighted by Crippen LogP contribution is 2.28. The number of aryl methyl sites for hydroxylation is 2. The Labute approximate surface area is 175 Å². The highest BCUT2D eigenvalue weighted by Gasteiger charge is 2.14. The smallest absolute Gasteiger partial charge is 0.273 e. The molecule has 0 bridgehead atoms. The van der Waals surface area contributed by atoms with Gasteiger partial charge >= 0.3 is 0 Å².